The third-order valence-corrected chi connectivity index (χ3v) is 5.45. The molecule has 0 aliphatic rings. The molecule has 0 spiro atoms. The lowest BCUT2D eigenvalue weighted by Gasteiger charge is -2.09. The summed E-state index contributed by atoms with van der Waals surface area (Å²) in [5.74, 6) is 0.0533. The van der Waals surface area contributed by atoms with Gasteiger partial charge in [0.2, 0.25) is 5.91 Å². The Balaban J connectivity index is 1.69. The highest BCUT2D eigenvalue weighted by Gasteiger charge is 2.16. The van der Waals surface area contributed by atoms with Gasteiger partial charge in [0.15, 0.2) is 11.0 Å². The Kier molecular flexibility index (Phi) is 6.04. The van der Waals surface area contributed by atoms with E-state index in [1.54, 1.807) is 48.9 Å². The second-order valence-corrected chi connectivity index (χ2v) is 7.52. The number of thioether (sulfide) groups is 1. The first kappa shape index (κ1) is 19.7. The van der Waals surface area contributed by atoms with Crippen LogP contribution in [0.2, 0.25) is 10.0 Å². The predicted molar refractivity (Wildman–Crippen MR) is 107 cm³/mol. The molecule has 0 saturated heterocycles. The van der Waals surface area contributed by atoms with Gasteiger partial charge >= 0.3 is 0 Å². The molecule has 1 heterocycles. The minimum Gasteiger partial charge on any atom is -0.325 e. The van der Waals surface area contributed by atoms with Crippen molar-refractivity contribution in [3.63, 3.8) is 0 Å². The van der Waals surface area contributed by atoms with Gasteiger partial charge in [-0.1, -0.05) is 41.0 Å². The van der Waals surface area contributed by atoms with E-state index in [1.165, 1.54) is 17.8 Å². The molecule has 0 atom stereocenters. The Morgan fingerprint density at radius 1 is 1.26 bits per heavy atom. The minimum atomic E-state index is -0.363. The van der Waals surface area contributed by atoms with E-state index in [4.69, 9.17) is 23.2 Å². The first-order valence-corrected chi connectivity index (χ1v) is 9.63. The molecule has 0 aliphatic carbocycles. The lowest BCUT2D eigenvalue weighted by atomic mass is 10.2. The van der Waals surface area contributed by atoms with Crippen molar-refractivity contribution in [2.75, 3.05) is 11.1 Å². The Morgan fingerprint density at radius 2 is 2.04 bits per heavy atom. The van der Waals surface area contributed by atoms with Crippen LogP contribution in [0.3, 0.4) is 0 Å². The number of carbonyl (C=O) groups is 1. The zero-order valence-corrected chi connectivity index (χ0v) is 16.8. The Hall–Kier alpha value is -2.09. The lowest BCUT2D eigenvalue weighted by molar-refractivity contribution is -0.113. The van der Waals surface area contributed by atoms with E-state index in [0.29, 0.717) is 37.8 Å². The summed E-state index contributed by atoms with van der Waals surface area (Å²) in [6.45, 7) is 1.61. The largest absolute Gasteiger partial charge is 0.325 e. The normalized spacial score (nSPS) is 10.9. The number of anilines is 1. The van der Waals surface area contributed by atoms with Crippen LogP contribution in [0.25, 0.3) is 11.4 Å². The number of amides is 1. The first-order chi connectivity index (χ1) is 12.9. The van der Waals surface area contributed by atoms with Gasteiger partial charge in [0, 0.05) is 28.9 Å². The molecule has 0 unspecified atom stereocenters. The number of carbonyl (C=O) groups excluding carboxylic acids is 1. The van der Waals surface area contributed by atoms with E-state index in [1.807, 2.05) is 0 Å². The Labute approximate surface area is 169 Å². The van der Waals surface area contributed by atoms with Crippen molar-refractivity contribution < 1.29 is 9.18 Å². The van der Waals surface area contributed by atoms with Gasteiger partial charge in [0.05, 0.1) is 10.8 Å². The van der Waals surface area contributed by atoms with Crippen molar-refractivity contribution in [1.29, 1.82) is 0 Å². The molecule has 1 aromatic heterocycles. The van der Waals surface area contributed by atoms with Crippen molar-refractivity contribution in [3.05, 3.63) is 57.8 Å². The van der Waals surface area contributed by atoms with Crippen LogP contribution in [-0.2, 0) is 11.8 Å². The van der Waals surface area contributed by atoms with E-state index in [0.717, 1.165) is 0 Å². The fourth-order valence-corrected chi connectivity index (χ4v) is 3.61. The van der Waals surface area contributed by atoms with Crippen LogP contribution >= 0.6 is 35.0 Å². The zero-order valence-electron chi connectivity index (χ0n) is 14.5. The summed E-state index contributed by atoms with van der Waals surface area (Å²) in [7, 11) is 1.79. The van der Waals surface area contributed by atoms with E-state index in [-0.39, 0.29) is 17.5 Å². The van der Waals surface area contributed by atoms with E-state index in [2.05, 4.69) is 15.5 Å². The Morgan fingerprint density at radius 3 is 2.78 bits per heavy atom. The van der Waals surface area contributed by atoms with Crippen LogP contribution < -0.4 is 5.32 Å². The summed E-state index contributed by atoms with van der Waals surface area (Å²) in [6.07, 6.45) is 0. The molecule has 0 bridgehead atoms. The molecule has 3 rings (SSSR count). The topological polar surface area (TPSA) is 59.8 Å². The average molecular weight is 425 g/mol. The highest BCUT2D eigenvalue weighted by atomic mass is 35.5. The molecule has 2 aromatic carbocycles. The number of rotatable bonds is 5. The van der Waals surface area contributed by atoms with Crippen LogP contribution in [-0.4, -0.2) is 26.4 Å². The number of aromatic nitrogens is 3. The second-order valence-electron chi connectivity index (χ2n) is 5.74. The highest BCUT2D eigenvalue weighted by Crippen LogP contribution is 2.30. The molecule has 0 aliphatic heterocycles. The van der Waals surface area contributed by atoms with E-state index < -0.39 is 0 Å². The summed E-state index contributed by atoms with van der Waals surface area (Å²) < 4.78 is 15.3. The SMILES string of the molecule is Cc1c(F)cccc1NC(=O)CSc1nnc(-c2ccc(Cl)cc2Cl)n1C. The van der Waals surface area contributed by atoms with Crippen molar-refractivity contribution in [3.8, 4) is 11.4 Å². The smallest absolute Gasteiger partial charge is 0.234 e. The molecule has 0 saturated carbocycles. The zero-order chi connectivity index (χ0) is 19.6. The molecule has 27 heavy (non-hydrogen) atoms. The van der Waals surface area contributed by atoms with Gasteiger partial charge < -0.3 is 9.88 Å². The Bertz CT molecular complexity index is 1010. The highest BCUT2D eigenvalue weighted by molar-refractivity contribution is 7.99. The van der Waals surface area contributed by atoms with E-state index >= 15 is 0 Å². The molecular formula is C18H15Cl2FN4OS. The van der Waals surface area contributed by atoms with E-state index in [9.17, 15) is 9.18 Å². The summed E-state index contributed by atoms with van der Waals surface area (Å²) in [6, 6.07) is 9.68. The second kappa shape index (κ2) is 8.29. The van der Waals surface area contributed by atoms with Gasteiger partial charge in [-0.3, -0.25) is 4.79 Å². The minimum absolute atomic E-state index is 0.107. The fourth-order valence-electron chi connectivity index (χ4n) is 2.41. The lowest BCUT2D eigenvalue weighted by Crippen LogP contribution is -2.15. The predicted octanol–water partition coefficient (Wildman–Crippen LogP) is 4.97. The van der Waals surface area contributed by atoms with Gasteiger partial charge in [-0.05, 0) is 37.3 Å². The number of nitrogens with zero attached hydrogens (tertiary/aromatic N) is 3. The number of nitrogens with one attached hydrogen (secondary N) is 1. The fraction of sp³-hybridized carbons (Fsp3) is 0.167. The molecule has 0 radical (unpaired) electrons. The maximum absolute atomic E-state index is 13.6. The van der Waals surface area contributed by atoms with Crippen LogP contribution in [0.4, 0.5) is 10.1 Å². The summed E-state index contributed by atoms with van der Waals surface area (Å²) in [5.41, 5.74) is 1.55. The molecule has 3 aromatic rings. The average Bonchev–Trinajstić information content (AvgIpc) is 2.98. The molecule has 1 amide bonds. The molecule has 5 nitrogen and oxygen atoms in total. The van der Waals surface area contributed by atoms with Crippen LogP contribution in [0.5, 0.6) is 0 Å². The van der Waals surface area contributed by atoms with Crippen LogP contribution in [0.1, 0.15) is 5.56 Å². The standard InChI is InChI=1S/C18H15Cl2FN4OS/c1-10-14(21)4-3-5-15(10)22-16(26)9-27-18-24-23-17(25(18)2)12-7-6-11(19)8-13(12)20/h3-8H,9H2,1-2H3,(H,22,26). The van der Waals surface area contributed by atoms with Crippen molar-refractivity contribution in [2.45, 2.75) is 12.1 Å². The van der Waals surface area contributed by atoms with Gasteiger partial charge in [-0.25, -0.2) is 4.39 Å². The van der Waals surface area contributed by atoms with Gasteiger partial charge in [0.1, 0.15) is 5.82 Å². The maximum atomic E-state index is 13.6. The summed E-state index contributed by atoms with van der Waals surface area (Å²) in [4.78, 5) is 12.2. The summed E-state index contributed by atoms with van der Waals surface area (Å²) >= 11 is 13.4. The molecular weight excluding hydrogens is 410 g/mol. The number of hydrogen-bond donors (Lipinski definition) is 1. The number of benzene rings is 2. The molecule has 9 heteroatoms. The summed E-state index contributed by atoms with van der Waals surface area (Å²) in [5, 5.41) is 12.5. The first-order valence-electron chi connectivity index (χ1n) is 7.89. The quantitative estimate of drug-likeness (QED) is 0.587. The monoisotopic (exact) mass is 424 g/mol. The third kappa shape index (κ3) is 4.43. The van der Waals surface area contributed by atoms with Crippen LogP contribution in [0.15, 0.2) is 41.6 Å². The van der Waals surface area contributed by atoms with Gasteiger partial charge in [-0.15, -0.1) is 10.2 Å². The van der Waals surface area contributed by atoms with Crippen molar-refractivity contribution >= 4 is 46.6 Å². The third-order valence-electron chi connectivity index (χ3n) is 3.88. The van der Waals surface area contributed by atoms with Crippen molar-refractivity contribution in [2.24, 2.45) is 7.05 Å². The van der Waals surface area contributed by atoms with Crippen LogP contribution in [0, 0.1) is 12.7 Å². The molecule has 140 valence electrons. The van der Waals surface area contributed by atoms with Gasteiger partial charge in [-0.2, -0.15) is 0 Å². The maximum Gasteiger partial charge on any atom is 0.234 e. The number of hydrogen-bond acceptors (Lipinski definition) is 4. The van der Waals surface area contributed by atoms with Gasteiger partial charge in [0.25, 0.3) is 0 Å². The number of halogens is 3. The molecule has 0 fully saturated rings. The molecule has 1 N–H and O–H groups in total. The van der Waals surface area contributed by atoms with Crippen molar-refractivity contribution in [1.82, 2.24) is 14.8 Å².